The number of benzene rings is 2. The van der Waals surface area contributed by atoms with Crippen molar-refractivity contribution in [3.63, 3.8) is 0 Å². The Labute approximate surface area is 190 Å². The molecule has 3 heterocycles. The molecule has 0 aliphatic carbocycles. The molecule has 0 radical (unpaired) electrons. The number of oxazole rings is 1. The van der Waals surface area contributed by atoms with Crippen molar-refractivity contribution >= 4 is 39.5 Å². The lowest BCUT2D eigenvalue weighted by molar-refractivity contribution is 0.407. The van der Waals surface area contributed by atoms with E-state index in [-0.39, 0.29) is 17.0 Å². The van der Waals surface area contributed by atoms with E-state index in [1.165, 1.54) is 5.56 Å². The molecule has 6 nitrogen and oxygen atoms in total. The number of thioether (sulfide) groups is 1. The fourth-order valence-electron chi connectivity index (χ4n) is 4.65. The minimum absolute atomic E-state index is 0.217. The van der Waals surface area contributed by atoms with E-state index < -0.39 is 0 Å². The van der Waals surface area contributed by atoms with Gasteiger partial charge in [-0.1, -0.05) is 6.07 Å². The highest BCUT2D eigenvalue weighted by molar-refractivity contribution is 7.98. The van der Waals surface area contributed by atoms with E-state index in [1.807, 2.05) is 36.6 Å². The third-order valence-corrected chi connectivity index (χ3v) is 7.13. The highest BCUT2D eigenvalue weighted by Gasteiger charge is 2.28. The van der Waals surface area contributed by atoms with Gasteiger partial charge in [-0.2, -0.15) is 5.26 Å². The molecular formula is C25H24N4O2S. The first-order chi connectivity index (χ1) is 15.5. The third kappa shape index (κ3) is 3.35. The Kier molecular flexibility index (Phi) is 5.18. The van der Waals surface area contributed by atoms with Crippen LogP contribution in [0.2, 0.25) is 0 Å². The van der Waals surface area contributed by atoms with Crippen LogP contribution in [0.5, 0.6) is 0 Å². The maximum atomic E-state index is 12.9. The zero-order chi connectivity index (χ0) is 22.4. The molecule has 1 fully saturated rings. The van der Waals surface area contributed by atoms with Crippen LogP contribution in [0.1, 0.15) is 35.8 Å². The molecule has 1 aliphatic rings. The second-order valence-corrected chi connectivity index (χ2v) is 9.25. The van der Waals surface area contributed by atoms with Crippen molar-refractivity contribution in [3.8, 4) is 6.07 Å². The van der Waals surface area contributed by atoms with Gasteiger partial charge in [0.1, 0.15) is 17.1 Å². The molecule has 0 saturated carbocycles. The molecule has 0 spiro atoms. The number of nitrogens with zero attached hydrogens (tertiary/aromatic N) is 4. The fourth-order valence-corrected chi connectivity index (χ4v) is 5.09. The molecule has 0 bridgehead atoms. The summed E-state index contributed by atoms with van der Waals surface area (Å²) in [6.07, 6.45) is 3.74. The molecule has 32 heavy (non-hydrogen) atoms. The smallest absolute Gasteiger partial charge is 0.270 e. The number of hydrogen-bond acceptors (Lipinski definition) is 6. The topological polar surface area (TPSA) is 75.1 Å². The van der Waals surface area contributed by atoms with Crippen LogP contribution in [0.15, 0.2) is 50.5 Å². The summed E-state index contributed by atoms with van der Waals surface area (Å²) in [5, 5.41) is 10.8. The summed E-state index contributed by atoms with van der Waals surface area (Å²) < 4.78 is 7.62. The number of rotatable bonds is 3. The first-order valence-electron chi connectivity index (χ1n) is 10.7. The van der Waals surface area contributed by atoms with Gasteiger partial charge in [0, 0.05) is 36.3 Å². The molecule has 0 unspecified atom stereocenters. The second-order valence-electron chi connectivity index (χ2n) is 8.37. The van der Waals surface area contributed by atoms with Crippen molar-refractivity contribution in [3.05, 3.63) is 63.8 Å². The summed E-state index contributed by atoms with van der Waals surface area (Å²) in [6, 6.07) is 14.3. The van der Waals surface area contributed by atoms with Gasteiger partial charge in [-0.15, -0.1) is 11.8 Å². The minimum Gasteiger partial charge on any atom is -0.440 e. The van der Waals surface area contributed by atoms with Crippen molar-refractivity contribution in [2.45, 2.75) is 30.6 Å². The van der Waals surface area contributed by atoms with E-state index in [9.17, 15) is 10.1 Å². The maximum absolute atomic E-state index is 12.9. The molecule has 7 heteroatoms. The van der Waals surface area contributed by atoms with Gasteiger partial charge in [0.15, 0.2) is 11.5 Å². The average molecular weight is 445 g/mol. The van der Waals surface area contributed by atoms with Gasteiger partial charge in [-0.05, 0) is 61.9 Å². The Bertz CT molecular complexity index is 1440. The quantitative estimate of drug-likeness (QED) is 0.416. The summed E-state index contributed by atoms with van der Waals surface area (Å²) in [7, 11) is 1.73. The van der Waals surface area contributed by atoms with Crippen LogP contribution in [-0.2, 0) is 7.05 Å². The monoisotopic (exact) mass is 444 g/mol. The van der Waals surface area contributed by atoms with Gasteiger partial charge in [0.05, 0.1) is 11.2 Å². The van der Waals surface area contributed by atoms with Gasteiger partial charge < -0.3 is 13.9 Å². The van der Waals surface area contributed by atoms with Crippen molar-refractivity contribution in [1.29, 1.82) is 5.26 Å². The molecule has 1 aliphatic heterocycles. The molecule has 0 N–H and O–H groups in total. The number of fused-ring (bicyclic) bond motifs is 2. The first kappa shape index (κ1) is 20.7. The van der Waals surface area contributed by atoms with Gasteiger partial charge in [0.25, 0.3) is 5.56 Å². The van der Waals surface area contributed by atoms with E-state index in [2.05, 4.69) is 24.0 Å². The van der Waals surface area contributed by atoms with Gasteiger partial charge in [0.2, 0.25) is 0 Å². The number of piperidine rings is 1. The Balaban J connectivity index is 1.51. The number of aromatic nitrogens is 2. The van der Waals surface area contributed by atoms with Crippen molar-refractivity contribution < 1.29 is 4.42 Å². The van der Waals surface area contributed by atoms with E-state index in [0.29, 0.717) is 0 Å². The lowest BCUT2D eigenvalue weighted by atomic mass is 9.95. The zero-order valence-electron chi connectivity index (χ0n) is 18.4. The van der Waals surface area contributed by atoms with Crippen LogP contribution in [-0.4, -0.2) is 28.9 Å². The predicted molar refractivity (Wildman–Crippen MR) is 129 cm³/mol. The maximum Gasteiger partial charge on any atom is 0.270 e. The Morgan fingerprint density at radius 3 is 2.69 bits per heavy atom. The van der Waals surface area contributed by atoms with E-state index in [0.717, 1.165) is 64.4 Å². The fraction of sp³-hybridized carbons (Fsp3) is 0.320. The summed E-state index contributed by atoms with van der Waals surface area (Å²) in [5.74, 6) is 1.01. The number of anilines is 1. The molecule has 2 aromatic heterocycles. The SMILES string of the molecule is CSc1ccc2c(c1)c(N1CCC(c3nc4cc(C)ccc4o3)CC1)c(C#N)c(=O)n2C. The Morgan fingerprint density at radius 1 is 1.19 bits per heavy atom. The molecule has 5 rings (SSSR count). The molecule has 2 aromatic carbocycles. The molecule has 1 saturated heterocycles. The predicted octanol–water partition coefficient (Wildman–Crippen LogP) is 4.97. The summed E-state index contributed by atoms with van der Waals surface area (Å²) in [6.45, 7) is 3.53. The normalized spacial score (nSPS) is 14.9. The van der Waals surface area contributed by atoms with E-state index in [1.54, 1.807) is 23.4 Å². The minimum atomic E-state index is -0.247. The summed E-state index contributed by atoms with van der Waals surface area (Å²) in [5.41, 5.74) is 4.46. The number of nitriles is 1. The highest BCUT2D eigenvalue weighted by Crippen LogP contribution is 2.36. The number of pyridine rings is 1. The van der Waals surface area contributed by atoms with Gasteiger partial charge in [-0.25, -0.2) is 4.98 Å². The largest absolute Gasteiger partial charge is 0.440 e. The highest BCUT2D eigenvalue weighted by atomic mass is 32.2. The summed E-state index contributed by atoms with van der Waals surface area (Å²) >= 11 is 1.65. The van der Waals surface area contributed by atoms with Gasteiger partial charge >= 0.3 is 0 Å². The number of aryl methyl sites for hydroxylation is 2. The number of hydrogen-bond donors (Lipinski definition) is 0. The second kappa shape index (κ2) is 8.03. The standard InChI is InChI=1S/C25H24N4O2S/c1-15-4-7-22-20(12-15)27-24(31-22)16-8-10-29(11-9-16)23-18-13-17(32-3)5-6-21(18)28(2)25(30)19(23)14-26/h4-7,12-13,16H,8-11H2,1-3H3. The molecule has 162 valence electrons. The lowest BCUT2D eigenvalue weighted by Gasteiger charge is -2.33. The van der Waals surface area contributed by atoms with Crippen LogP contribution in [0.25, 0.3) is 22.0 Å². The van der Waals surface area contributed by atoms with Crippen LogP contribution >= 0.6 is 11.8 Å². The average Bonchev–Trinajstić information content (AvgIpc) is 3.24. The molecule has 0 atom stereocenters. The van der Waals surface area contributed by atoms with Crippen LogP contribution in [0, 0.1) is 18.3 Å². The Hall–Kier alpha value is -3.24. The van der Waals surface area contributed by atoms with Crippen LogP contribution < -0.4 is 10.5 Å². The summed E-state index contributed by atoms with van der Waals surface area (Å²) in [4.78, 5) is 21.0. The van der Waals surface area contributed by atoms with E-state index in [4.69, 9.17) is 9.40 Å². The van der Waals surface area contributed by atoms with E-state index >= 15 is 0 Å². The van der Waals surface area contributed by atoms with Crippen LogP contribution in [0.3, 0.4) is 0 Å². The lowest BCUT2D eigenvalue weighted by Crippen LogP contribution is -2.35. The first-order valence-corrected chi connectivity index (χ1v) is 12.0. The van der Waals surface area contributed by atoms with Crippen molar-refractivity contribution in [2.75, 3.05) is 24.2 Å². The molecule has 0 amide bonds. The molecule has 4 aromatic rings. The van der Waals surface area contributed by atoms with Gasteiger partial charge in [-0.3, -0.25) is 4.79 Å². The Morgan fingerprint density at radius 2 is 1.97 bits per heavy atom. The van der Waals surface area contributed by atoms with Crippen molar-refractivity contribution in [2.24, 2.45) is 7.05 Å². The van der Waals surface area contributed by atoms with Crippen LogP contribution in [0.4, 0.5) is 5.69 Å². The zero-order valence-corrected chi connectivity index (χ0v) is 19.2. The van der Waals surface area contributed by atoms with Crippen molar-refractivity contribution in [1.82, 2.24) is 9.55 Å². The molecular weight excluding hydrogens is 420 g/mol. The third-order valence-electron chi connectivity index (χ3n) is 6.41.